The lowest BCUT2D eigenvalue weighted by molar-refractivity contribution is -0.121. The summed E-state index contributed by atoms with van der Waals surface area (Å²) in [5.74, 6) is -1.06. The number of nitrogens with one attached hydrogen (secondary N) is 1. The molecule has 2 N–H and O–H groups in total. The van der Waals surface area contributed by atoms with Crippen molar-refractivity contribution < 1.29 is 14.7 Å². The van der Waals surface area contributed by atoms with E-state index in [0.29, 0.717) is 6.42 Å². The van der Waals surface area contributed by atoms with Gasteiger partial charge < -0.3 is 10.4 Å². The number of unbranched alkanes of at least 4 members (excludes halogenated alkanes) is 2. The van der Waals surface area contributed by atoms with E-state index in [2.05, 4.69) is 5.32 Å². The van der Waals surface area contributed by atoms with Crippen LogP contribution in [0, 0.1) is 0 Å². The quantitative estimate of drug-likeness (QED) is 0.623. The SMILES string of the molecule is CCCCCC(=O)C1=C(O)/C(=C\c2ccccc2)NC1=O. The van der Waals surface area contributed by atoms with Crippen molar-refractivity contribution in [2.45, 2.75) is 32.6 Å². The topological polar surface area (TPSA) is 66.4 Å². The molecule has 1 heterocycles. The normalized spacial score (nSPS) is 16.4. The molecule has 0 aromatic heterocycles. The minimum Gasteiger partial charge on any atom is -0.505 e. The molecule has 0 spiro atoms. The van der Waals surface area contributed by atoms with Gasteiger partial charge in [-0.2, -0.15) is 0 Å². The summed E-state index contributed by atoms with van der Waals surface area (Å²) in [6.45, 7) is 2.05. The Bertz CT molecular complexity index is 600. The molecule has 0 saturated carbocycles. The van der Waals surface area contributed by atoms with Gasteiger partial charge in [0.15, 0.2) is 11.5 Å². The van der Waals surface area contributed by atoms with Crippen LogP contribution in [-0.4, -0.2) is 16.8 Å². The van der Waals surface area contributed by atoms with Crippen LogP contribution in [0.4, 0.5) is 0 Å². The predicted octanol–water partition coefficient (Wildman–Crippen LogP) is 3.12. The van der Waals surface area contributed by atoms with E-state index in [-0.39, 0.29) is 22.8 Å². The van der Waals surface area contributed by atoms with Gasteiger partial charge in [0.25, 0.3) is 5.91 Å². The maximum absolute atomic E-state index is 12.0. The number of amides is 1. The van der Waals surface area contributed by atoms with Crippen molar-refractivity contribution in [3.05, 3.63) is 52.9 Å². The Hall–Kier alpha value is -2.36. The standard InChI is InChI=1S/C17H19NO3/c1-2-3-5-10-14(19)15-16(20)13(18-17(15)21)11-12-8-6-4-7-9-12/h4,6-9,11,20H,2-3,5,10H2,1H3,(H,18,21)/b13-11+. The molecule has 4 nitrogen and oxygen atoms in total. The smallest absolute Gasteiger partial charge is 0.263 e. The molecule has 0 bridgehead atoms. The minimum atomic E-state index is -0.517. The second kappa shape index (κ2) is 6.88. The lowest BCUT2D eigenvalue weighted by Crippen LogP contribution is -2.20. The third kappa shape index (κ3) is 3.60. The summed E-state index contributed by atoms with van der Waals surface area (Å²) in [6.07, 6.45) is 4.62. The van der Waals surface area contributed by atoms with E-state index < -0.39 is 5.91 Å². The van der Waals surface area contributed by atoms with Gasteiger partial charge in [-0.3, -0.25) is 9.59 Å². The van der Waals surface area contributed by atoms with Crippen molar-refractivity contribution in [2.24, 2.45) is 0 Å². The predicted molar refractivity (Wildman–Crippen MR) is 81.4 cm³/mol. The van der Waals surface area contributed by atoms with Crippen molar-refractivity contribution in [2.75, 3.05) is 0 Å². The number of ketones is 1. The van der Waals surface area contributed by atoms with Crippen molar-refractivity contribution in [3.8, 4) is 0 Å². The van der Waals surface area contributed by atoms with E-state index in [1.54, 1.807) is 6.08 Å². The van der Waals surface area contributed by atoms with E-state index in [1.165, 1.54) is 0 Å². The highest BCUT2D eigenvalue weighted by atomic mass is 16.3. The summed E-state index contributed by atoms with van der Waals surface area (Å²) >= 11 is 0. The number of benzene rings is 1. The summed E-state index contributed by atoms with van der Waals surface area (Å²) in [6, 6.07) is 9.32. The number of hydrogen-bond donors (Lipinski definition) is 2. The highest BCUT2D eigenvalue weighted by Crippen LogP contribution is 2.22. The zero-order chi connectivity index (χ0) is 15.2. The molecule has 21 heavy (non-hydrogen) atoms. The zero-order valence-electron chi connectivity index (χ0n) is 12.1. The molecule has 1 aliphatic rings. The number of carbonyl (C=O) groups excluding carboxylic acids is 2. The van der Waals surface area contributed by atoms with Crippen molar-refractivity contribution in [1.29, 1.82) is 0 Å². The molecule has 0 fully saturated rings. The average molecular weight is 285 g/mol. The van der Waals surface area contributed by atoms with E-state index in [0.717, 1.165) is 24.8 Å². The summed E-state index contributed by atoms with van der Waals surface area (Å²) in [4.78, 5) is 23.9. The Balaban J connectivity index is 2.19. The molecule has 1 amide bonds. The van der Waals surface area contributed by atoms with Crippen LogP contribution in [0.1, 0.15) is 38.2 Å². The zero-order valence-corrected chi connectivity index (χ0v) is 12.1. The molecule has 0 saturated heterocycles. The van der Waals surface area contributed by atoms with Crippen molar-refractivity contribution in [3.63, 3.8) is 0 Å². The Morgan fingerprint density at radius 3 is 2.62 bits per heavy atom. The molecule has 0 unspecified atom stereocenters. The molecule has 2 rings (SSSR count). The first-order valence-corrected chi connectivity index (χ1v) is 7.18. The third-order valence-corrected chi connectivity index (χ3v) is 3.36. The van der Waals surface area contributed by atoms with Gasteiger partial charge in [-0.1, -0.05) is 50.1 Å². The van der Waals surface area contributed by atoms with Gasteiger partial charge in [-0.25, -0.2) is 0 Å². The van der Waals surface area contributed by atoms with E-state index >= 15 is 0 Å². The second-order valence-electron chi connectivity index (χ2n) is 5.03. The molecular formula is C17H19NO3. The van der Waals surface area contributed by atoms with Gasteiger partial charge in [-0.05, 0) is 18.1 Å². The van der Waals surface area contributed by atoms with Crippen LogP contribution in [0.15, 0.2) is 47.4 Å². The molecule has 0 aliphatic carbocycles. The first-order chi connectivity index (χ1) is 10.1. The van der Waals surface area contributed by atoms with Crippen LogP contribution >= 0.6 is 0 Å². The second-order valence-corrected chi connectivity index (χ2v) is 5.03. The Morgan fingerprint density at radius 1 is 1.24 bits per heavy atom. The summed E-state index contributed by atoms with van der Waals surface area (Å²) in [5.41, 5.74) is 1.01. The van der Waals surface area contributed by atoms with Crippen molar-refractivity contribution >= 4 is 17.8 Å². The molecule has 1 aliphatic heterocycles. The number of aliphatic hydroxyl groups is 1. The fourth-order valence-corrected chi connectivity index (χ4v) is 2.23. The fraction of sp³-hybridized carbons (Fsp3) is 0.294. The monoisotopic (exact) mass is 285 g/mol. The molecule has 110 valence electrons. The van der Waals surface area contributed by atoms with Crippen LogP contribution in [0.25, 0.3) is 6.08 Å². The maximum Gasteiger partial charge on any atom is 0.263 e. The van der Waals surface area contributed by atoms with Crippen LogP contribution in [0.2, 0.25) is 0 Å². The Kier molecular flexibility index (Phi) is 4.93. The number of carbonyl (C=O) groups is 2. The van der Waals surface area contributed by atoms with Gasteiger partial charge >= 0.3 is 0 Å². The van der Waals surface area contributed by atoms with E-state index in [9.17, 15) is 14.7 Å². The lowest BCUT2D eigenvalue weighted by atomic mass is 10.0. The minimum absolute atomic E-state index is 0.117. The Morgan fingerprint density at radius 2 is 1.95 bits per heavy atom. The van der Waals surface area contributed by atoms with Crippen LogP contribution in [0.5, 0.6) is 0 Å². The van der Waals surface area contributed by atoms with Crippen LogP contribution in [0.3, 0.4) is 0 Å². The molecule has 4 heteroatoms. The van der Waals surface area contributed by atoms with Gasteiger partial charge in [0.1, 0.15) is 5.57 Å². The Labute approximate surface area is 124 Å². The summed E-state index contributed by atoms with van der Waals surface area (Å²) in [5, 5.41) is 12.7. The van der Waals surface area contributed by atoms with Gasteiger partial charge in [-0.15, -0.1) is 0 Å². The maximum atomic E-state index is 12.0. The number of Topliss-reactive ketones (excluding diaryl/α,β-unsaturated/α-hetero) is 1. The molecule has 0 radical (unpaired) electrons. The molecular weight excluding hydrogens is 266 g/mol. The third-order valence-electron chi connectivity index (χ3n) is 3.36. The summed E-state index contributed by atoms with van der Waals surface area (Å²) < 4.78 is 0. The molecule has 0 atom stereocenters. The highest BCUT2D eigenvalue weighted by molar-refractivity contribution is 6.22. The van der Waals surface area contributed by atoms with Gasteiger partial charge in [0.05, 0.1) is 5.70 Å². The van der Waals surface area contributed by atoms with Crippen molar-refractivity contribution in [1.82, 2.24) is 5.32 Å². The highest BCUT2D eigenvalue weighted by Gasteiger charge is 2.31. The van der Waals surface area contributed by atoms with E-state index in [4.69, 9.17) is 0 Å². The average Bonchev–Trinajstić information content (AvgIpc) is 2.75. The number of hydrogen-bond acceptors (Lipinski definition) is 3. The van der Waals surface area contributed by atoms with Crippen LogP contribution < -0.4 is 5.32 Å². The van der Waals surface area contributed by atoms with Gasteiger partial charge in [0.2, 0.25) is 0 Å². The number of aliphatic hydroxyl groups excluding tert-OH is 1. The van der Waals surface area contributed by atoms with Gasteiger partial charge in [0, 0.05) is 6.42 Å². The molecule has 1 aromatic carbocycles. The lowest BCUT2D eigenvalue weighted by Gasteiger charge is -1.99. The first kappa shape index (κ1) is 15.0. The van der Waals surface area contributed by atoms with E-state index in [1.807, 2.05) is 37.3 Å². The summed E-state index contributed by atoms with van der Waals surface area (Å²) in [7, 11) is 0. The van der Waals surface area contributed by atoms with Crippen LogP contribution in [-0.2, 0) is 9.59 Å². The molecule has 1 aromatic rings. The first-order valence-electron chi connectivity index (χ1n) is 7.18. The number of rotatable bonds is 6. The fourth-order valence-electron chi connectivity index (χ4n) is 2.23. The largest absolute Gasteiger partial charge is 0.505 e.